The Labute approximate surface area is 119 Å². The zero-order valence-electron chi connectivity index (χ0n) is 10.5. The first kappa shape index (κ1) is 13.0. The van der Waals surface area contributed by atoms with Crippen LogP contribution in [0.25, 0.3) is 0 Å². The van der Waals surface area contributed by atoms with Crippen molar-refractivity contribution in [3.63, 3.8) is 0 Å². The largest absolute Gasteiger partial charge is 0.477 e. The van der Waals surface area contributed by atoms with Gasteiger partial charge in [-0.3, -0.25) is 0 Å². The van der Waals surface area contributed by atoms with Crippen molar-refractivity contribution in [2.45, 2.75) is 13.2 Å². The van der Waals surface area contributed by atoms with E-state index in [2.05, 4.69) is 0 Å². The Morgan fingerprint density at radius 1 is 1.20 bits per heavy atom. The number of carbonyl (C=O) groups is 1. The average molecular weight is 292 g/mol. The van der Waals surface area contributed by atoms with Crippen LogP contribution in [0.4, 0.5) is 0 Å². The average Bonchev–Trinajstić information content (AvgIpc) is 3.06. The normalized spacial score (nSPS) is 12.6. The van der Waals surface area contributed by atoms with Crippen molar-refractivity contribution in [1.82, 2.24) is 0 Å². The van der Waals surface area contributed by atoms with E-state index < -0.39 is 5.97 Å². The number of fused-ring (bicyclic) bond motifs is 1. The summed E-state index contributed by atoms with van der Waals surface area (Å²) in [6, 6.07) is 9.03. The van der Waals surface area contributed by atoms with E-state index in [9.17, 15) is 4.79 Å². The van der Waals surface area contributed by atoms with Gasteiger partial charge in [0.1, 0.15) is 4.88 Å². The summed E-state index contributed by atoms with van der Waals surface area (Å²) in [5.74, 6) is 0.575. The third kappa shape index (κ3) is 2.76. The van der Waals surface area contributed by atoms with Crippen LogP contribution in [-0.4, -0.2) is 17.9 Å². The summed E-state index contributed by atoms with van der Waals surface area (Å²) in [6.45, 7) is 1.09. The predicted molar refractivity (Wildman–Crippen MR) is 72.3 cm³/mol. The van der Waals surface area contributed by atoms with Crippen LogP contribution in [0.5, 0.6) is 11.5 Å². The first-order chi connectivity index (χ1) is 9.72. The van der Waals surface area contributed by atoms with E-state index in [-0.39, 0.29) is 6.79 Å². The molecule has 1 aromatic heterocycles. The molecule has 20 heavy (non-hydrogen) atoms. The fourth-order valence-electron chi connectivity index (χ4n) is 1.87. The maximum absolute atomic E-state index is 10.8. The molecular formula is C14H12O5S. The van der Waals surface area contributed by atoms with Crippen LogP contribution in [0, 0.1) is 0 Å². The lowest BCUT2D eigenvalue weighted by Crippen LogP contribution is -1.93. The Kier molecular flexibility index (Phi) is 3.58. The predicted octanol–water partition coefficient (Wildman–Crippen LogP) is 2.89. The maximum atomic E-state index is 10.8. The maximum Gasteiger partial charge on any atom is 0.345 e. The van der Waals surface area contributed by atoms with Gasteiger partial charge < -0.3 is 19.3 Å². The molecule has 0 saturated carbocycles. The fourth-order valence-corrected chi connectivity index (χ4v) is 2.65. The molecule has 0 fully saturated rings. The fraction of sp³-hybridized carbons (Fsp3) is 0.214. The SMILES string of the molecule is O=C(O)c1ccc(COCc2ccc3c(c2)OCO3)s1. The first-order valence-corrected chi connectivity index (χ1v) is 6.82. The highest BCUT2D eigenvalue weighted by Crippen LogP contribution is 2.32. The minimum absolute atomic E-state index is 0.257. The van der Waals surface area contributed by atoms with Gasteiger partial charge in [-0.25, -0.2) is 4.79 Å². The van der Waals surface area contributed by atoms with Crippen LogP contribution in [0.1, 0.15) is 20.1 Å². The van der Waals surface area contributed by atoms with Gasteiger partial charge in [-0.05, 0) is 29.8 Å². The van der Waals surface area contributed by atoms with E-state index in [4.69, 9.17) is 19.3 Å². The van der Waals surface area contributed by atoms with Crippen molar-refractivity contribution >= 4 is 17.3 Å². The minimum Gasteiger partial charge on any atom is -0.477 e. The zero-order chi connectivity index (χ0) is 13.9. The molecule has 2 heterocycles. The molecule has 3 rings (SSSR count). The van der Waals surface area contributed by atoms with Gasteiger partial charge in [0.15, 0.2) is 11.5 Å². The summed E-state index contributed by atoms with van der Waals surface area (Å²) >= 11 is 1.23. The summed E-state index contributed by atoms with van der Waals surface area (Å²) in [6.07, 6.45) is 0. The molecule has 1 aliphatic rings. The summed E-state index contributed by atoms with van der Waals surface area (Å²) < 4.78 is 16.1. The molecule has 1 N–H and O–H groups in total. The highest BCUT2D eigenvalue weighted by atomic mass is 32.1. The molecule has 0 radical (unpaired) electrons. The van der Waals surface area contributed by atoms with E-state index in [1.165, 1.54) is 11.3 Å². The second kappa shape index (κ2) is 5.52. The number of aromatic carboxylic acids is 1. The first-order valence-electron chi connectivity index (χ1n) is 6.00. The summed E-state index contributed by atoms with van der Waals surface area (Å²) in [7, 11) is 0. The van der Waals surface area contributed by atoms with Gasteiger partial charge in [-0.2, -0.15) is 0 Å². The van der Waals surface area contributed by atoms with Crippen molar-refractivity contribution in [2.24, 2.45) is 0 Å². The van der Waals surface area contributed by atoms with Crippen molar-refractivity contribution in [3.8, 4) is 11.5 Å². The third-order valence-corrected chi connectivity index (χ3v) is 3.87. The molecule has 0 aliphatic carbocycles. The van der Waals surface area contributed by atoms with E-state index in [1.54, 1.807) is 12.1 Å². The Bertz CT molecular complexity index is 634. The van der Waals surface area contributed by atoms with Crippen molar-refractivity contribution in [1.29, 1.82) is 0 Å². The van der Waals surface area contributed by atoms with Gasteiger partial charge in [0, 0.05) is 4.88 Å². The molecule has 0 atom stereocenters. The Hall–Kier alpha value is -2.05. The molecule has 0 bridgehead atoms. The number of rotatable bonds is 5. The Morgan fingerprint density at radius 2 is 2.05 bits per heavy atom. The van der Waals surface area contributed by atoms with Crippen molar-refractivity contribution in [2.75, 3.05) is 6.79 Å². The molecule has 0 amide bonds. The molecule has 6 heteroatoms. The second-order valence-corrected chi connectivity index (χ2v) is 5.42. The Balaban J connectivity index is 1.55. The highest BCUT2D eigenvalue weighted by molar-refractivity contribution is 7.13. The lowest BCUT2D eigenvalue weighted by Gasteiger charge is -2.04. The van der Waals surface area contributed by atoms with Crippen LogP contribution in [0.2, 0.25) is 0 Å². The van der Waals surface area contributed by atoms with Gasteiger partial charge in [0.05, 0.1) is 13.2 Å². The van der Waals surface area contributed by atoms with E-state index in [0.29, 0.717) is 18.1 Å². The molecule has 1 aliphatic heterocycles. The molecule has 5 nitrogen and oxygen atoms in total. The molecule has 104 valence electrons. The van der Waals surface area contributed by atoms with Crippen molar-refractivity contribution in [3.05, 3.63) is 45.6 Å². The second-order valence-electron chi connectivity index (χ2n) is 4.25. The number of benzene rings is 1. The summed E-state index contributed by atoms with van der Waals surface area (Å²) in [5, 5.41) is 8.84. The standard InChI is InChI=1S/C14H12O5S/c15-14(16)13-4-2-10(20-13)7-17-6-9-1-3-11-12(5-9)19-8-18-11/h1-5H,6-8H2,(H,15,16). The van der Waals surface area contributed by atoms with Crippen LogP contribution in [0.15, 0.2) is 30.3 Å². The molecule has 0 saturated heterocycles. The molecule has 0 spiro atoms. The van der Waals surface area contributed by atoms with Gasteiger partial charge in [-0.15, -0.1) is 11.3 Å². The molecular weight excluding hydrogens is 280 g/mol. The number of hydrogen-bond donors (Lipinski definition) is 1. The van der Waals surface area contributed by atoms with Gasteiger partial charge >= 0.3 is 5.97 Å². The number of ether oxygens (including phenoxy) is 3. The smallest absolute Gasteiger partial charge is 0.345 e. The van der Waals surface area contributed by atoms with Gasteiger partial charge in [0.2, 0.25) is 6.79 Å². The van der Waals surface area contributed by atoms with Gasteiger partial charge in [0.25, 0.3) is 0 Å². The molecule has 1 aromatic carbocycles. The number of carboxylic acids is 1. The summed E-state index contributed by atoms with van der Waals surface area (Å²) in [4.78, 5) is 12.0. The molecule has 0 unspecified atom stereocenters. The van der Waals surface area contributed by atoms with Crippen LogP contribution in [-0.2, 0) is 18.0 Å². The van der Waals surface area contributed by atoms with E-state index >= 15 is 0 Å². The van der Waals surface area contributed by atoms with E-state index in [1.807, 2.05) is 18.2 Å². The monoisotopic (exact) mass is 292 g/mol. The zero-order valence-corrected chi connectivity index (χ0v) is 11.3. The Morgan fingerprint density at radius 3 is 2.85 bits per heavy atom. The van der Waals surface area contributed by atoms with Crippen LogP contribution >= 0.6 is 11.3 Å². The minimum atomic E-state index is -0.906. The topological polar surface area (TPSA) is 65.0 Å². The highest BCUT2D eigenvalue weighted by Gasteiger charge is 2.13. The lowest BCUT2D eigenvalue weighted by atomic mass is 10.2. The lowest BCUT2D eigenvalue weighted by molar-refractivity contribution is 0.0702. The third-order valence-electron chi connectivity index (χ3n) is 2.82. The van der Waals surface area contributed by atoms with Crippen molar-refractivity contribution < 1.29 is 24.1 Å². The van der Waals surface area contributed by atoms with Crippen LogP contribution < -0.4 is 9.47 Å². The number of hydrogen-bond acceptors (Lipinski definition) is 5. The van der Waals surface area contributed by atoms with Crippen LogP contribution in [0.3, 0.4) is 0 Å². The van der Waals surface area contributed by atoms with Gasteiger partial charge in [-0.1, -0.05) is 6.07 Å². The summed E-state index contributed by atoms with van der Waals surface area (Å²) in [5.41, 5.74) is 0.990. The quantitative estimate of drug-likeness (QED) is 0.918. The number of thiophene rings is 1. The number of carboxylic acid groups (broad SMARTS) is 1. The molecule has 2 aromatic rings. The van der Waals surface area contributed by atoms with E-state index in [0.717, 1.165) is 21.9 Å².